The first-order valence-corrected chi connectivity index (χ1v) is 11.6. The maximum absolute atomic E-state index is 13.2. The van der Waals surface area contributed by atoms with Crippen LogP contribution < -0.4 is 10.5 Å². The molecule has 1 aliphatic rings. The van der Waals surface area contributed by atoms with Crippen molar-refractivity contribution in [2.75, 3.05) is 18.0 Å². The van der Waals surface area contributed by atoms with Gasteiger partial charge >= 0.3 is 0 Å². The molecule has 6 heteroatoms. The summed E-state index contributed by atoms with van der Waals surface area (Å²) < 4.78 is 1.41. The Bertz CT molecular complexity index is 1180. The molecule has 4 rings (SSSR count). The minimum Gasteiger partial charge on any atom is -0.371 e. The van der Waals surface area contributed by atoms with Gasteiger partial charge in [0.25, 0.3) is 5.56 Å². The van der Waals surface area contributed by atoms with E-state index in [9.17, 15) is 9.59 Å². The summed E-state index contributed by atoms with van der Waals surface area (Å²) in [5.74, 6) is -0.0971. The molecular formula is C25H28ClN3O2. The Kier molecular flexibility index (Phi) is 6.42. The number of carbonyl (C=O) groups is 1. The molecule has 0 atom stereocenters. The molecule has 0 saturated heterocycles. The van der Waals surface area contributed by atoms with Crippen LogP contribution in [0.15, 0.2) is 41.2 Å². The first kappa shape index (κ1) is 21.6. The molecular weight excluding hydrogens is 410 g/mol. The number of carbonyl (C=O) groups excluding carboxylic acids is 1. The molecule has 0 unspecified atom stereocenters. The zero-order chi connectivity index (χ0) is 22.0. The number of nitrogens with zero attached hydrogens (tertiary/aromatic N) is 3. The standard InChI is InChI=1S/C25H28ClN3O2/c1-3-5-7-13-28(14-8-6-4-2)18-10-11-19-21(16-18)27-24-23(30)20-15-17(26)9-12-22(20)29(24)25(19)31/h9-12,15-16H,3-8,13-14H2,1-2H3. The van der Waals surface area contributed by atoms with E-state index < -0.39 is 0 Å². The van der Waals surface area contributed by atoms with E-state index in [0.29, 0.717) is 27.2 Å². The summed E-state index contributed by atoms with van der Waals surface area (Å²) in [7, 11) is 0. The second-order valence-electron chi connectivity index (χ2n) is 8.17. The molecule has 0 radical (unpaired) electrons. The molecule has 1 aliphatic heterocycles. The van der Waals surface area contributed by atoms with Gasteiger partial charge in [0.05, 0.1) is 22.2 Å². The predicted molar refractivity (Wildman–Crippen MR) is 127 cm³/mol. The predicted octanol–water partition coefficient (Wildman–Crippen LogP) is 5.77. The highest BCUT2D eigenvalue weighted by atomic mass is 35.5. The molecule has 3 aromatic rings. The Morgan fingerprint density at radius 3 is 2.32 bits per heavy atom. The lowest BCUT2D eigenvalue weighted by atomic mass is 10.1. The van der Waals surface area contributed by atoms with E-state index in [0.717, 1.165) is 31.6 Å². The van der Waals surface area contributed by atoms with Crippen LogP contribution in [0.1, 0.15) is 68.6 Å². The lowest BCUT2D eigenvalue weighted by Gasteiger charge is -2.25. The minimum atomic E-state index is -0.260. The van der Waals surface area contributed by atoms with Crippen LogP contribution in [0.2, 0.25) is 5.02 Å². The van der Waals surface area contributed by atoms with Crippen molar-refractivity contribution in [3.8, 4) is 5.69 Å². The van der Waals surface area contributed by atoms with E-state index in [4.69, 9.17) is 11.6 Å². The molecule has 31 heavy (non-hydrogen) atoms. The molecule has 0 N–H and O–H groups in total. The van der Waals surface area contributed by atoms with Gasteiger partial charge in [-0.15, -0.1) is 0 Å². The molecule has 0 fully saturated rings. The fourth-order valence-electron chi connectivity index (χ4n) is 4.23. The summed E-state index contributed by atoms with van der Waals surface area (Å²) in [6.07, 6.45) is 7.01. The smallest absolute Gasteiger partial charge is 0.266 e. The molecule has 162 valence electrons. The van der Waals surface area contributed by atoms with Crippen LogP contribution in [0.5, 0.6) is 0 Å². The van der Waals surface area contributed by atoms with Gasteiger partial charge in [0.1, 0.15) is 0 Å². The average molecular weight is 438 g/mol. The summed E-state index contributed by atoms with van der Waals surface area (Å²) in [4.78, 5) is 33.2. The van der Waals surface area contributed by atoms with Gasteiger partial charge in [0.15, 0.2) is 5.82 Å². The van der Waals surface area contributed by atoms with Crippen LogP contribution in [-0.4, -0.2) is 28.4 Å². The van der Waals surface area contributed by atoms with Crippen LogP contribution in [0.3, 0.4) is 0 Å². The summed E-state index contributed by atoms with van der Waals surface area (Å²) in [5.41, 5.74) is 2.38. The number of unbranched alkanes of at least 4 members (excludes halogenated alkanes) is 4. The number of hydrogen-bond acceptors (Lipinski definition) is 4. The monoisotopic (exact) mass is 437 g/mol. The van der Waals surface area contributed by atoms with Crippen molar-refractivity contribution in [3.05, 3.63) is 63.2 Å². The molecule has 5 nitrogen and oxygen atoms in total. The number of ketones is 1. The number of benzene rings is 2. The maximum Gasteiger partial charge on any atom is 0.266 e. The van der Waals surface area contributed by atoms with Gasteiger partial charge in [-0.1, -0.05) is 51.1 Å². The highest BCUT2D eigenvalue weighted by molar-refractivity contribution is 6.31. The number of fused-ring (bicyclic) bond motifs is 4. The maximum atomic E-state index is 13.2. The van der Waals surface area contributed by atoms with Crippen LogP contribution in [-0.2, 0) is 0 Å². The van der Waals surface area contributed by atoms with Crippen molar-refractivity contribution in [2.45, 2.75) is 52.4 Å². The molecule has 0 spiro atoms. The lowest BCUT2D eigenvalue weighted by Crippen LogP contribution is -2.26. The van der Waals surface area contributed by atoms with Crippen molar-refractivity contribution in [1.82, 2.24) is 9.55 Å². The van der Waals surface area contributed by atoms with Crippen LogP contribution in [0, 0.1) is 0 Å². The highest BCUT2D eigenvalue weighted by Gasteiger charge is 2.30. The van der Waals surface area contributed by atoms with Crippen molar-refractivity contribution in [1.29, 1.82) is 0 Å². The Hall–Kier alpha value is -2.66. The minimum absolute atomic E-state index is 0.162. The average Bonchev–Trinajstić information content (AvgIpc) is 3.04. The third kappa shape index (κ3) is 4.11. The van der Waals surface area contributed by atoms with E-state index in [-0.39, 0.29) is 17.2 Å². The summed E-state index contributed by atoms with van der Waals surface area (Å²) in [5, 5.41) is 0.986. The van der Waals surface area contributed by atoms with Crippen LogP contribution in [0.4, 0.5) is 5.69 Å². The highest BCUT2D eigenvalue weighted by Crippen LogP contribution is 2.29. The third-order valence-electron chi connectivity index (χ3n) is 5.93. The number of halogens is 1. The zero-order valence-corrected chi connectivity index (χ0v) is 18.9. The van der Waals surface area contributed by atoms with Crippen molar-refractivity contribution < 1.29 is 4.79 Å². The molecule has 2 aromatic carbocycles. The van der Waals surface area contributed by atoms with Gasteiger partial charge < -0.3 is 4.90 Å². The summed E-state index contributed by atoms with van der Waals surface area (Å²) >= 11 is 6.07. The number of anilines is 1. The van der Waals surface area contributed by atoms with Crippen LogP contribution >= 0.6 is 11.6 Å². The SMILES string of the molecule is CCCCCN(CCCCC)c1ccc2c(=O)n3c(nc2c1)C(=O)c1cc(Cl)ccc1-3. The van der Waals surface area contributed by atoms with Gasteiger partial charge in [-0.05, 0) is 49.2 Å². The van der Waals surface area contributed by atoms with E-state index in [1.54, 1.807) is 18.2 Å². The van der Waals surface area contributed by atoms with Crippen molar-refractivity contribution in [3.63, 3.8) is 0 Å². The Balaban J connectivity index is 1.75. The molecule has 1 aromatic heterocycles. The van der Waals surface area contributed by atoms with E-state index >= 15 is 0 Å². The second kappa shape index (κ2) is 9.23. The molecule has 0 bridgehead atoms. The topological polar surface area (TPSA) is 55.2 Å². The Morgan fingerprint density at radius 2 is 1.65 bits per heavy atom. The fraction of sp³-hybridized carbons (Fsp3) is 0.400. The van der Waals surface area contributed by atoms with Gasteiger partial charge in [0.2, 0.25) is 5.78 Å². The number of aromatic nitrogens is 2. The molecule has 2 heterocycles. The largest absolute Gasteiger partial charge is 0.371 e. The second-order valence-corrected chi connectivity index (χ2v) is 8.61. The van der Waals surface area contributed by atoms with Crippen molar-refractivity contribution in [2.24, 2.45) is 0 Å². The third-order valence-corrected chi connectivity index (χ3v) is 6.16. The van der Waals surface area contributed by atoms with Gasteiger partial charge in [-0.25, -0.2) is 4.98 Å². The first-order chi connectivity index (χ1) is 15.0. The summed E-state index contributed by atoms with van der Waals surface area (Å²) in [6, 6.07) is 10.8. The number of hydrogen-bond donors (Lipinski definition) is 0. The lowest BCUT2D eigenvalue weighted by molar-refractivity contribution is 0.103. The molecule has 0 saturated carbocycles. The van der Waals surface area contributed by atoms with Crippen LogP contribution in [0.25, 0.3) is 16.6 Å². The quantitative estimate of drug-likeness (QED) is 0.312. The summed E-state index contributed by atoms with van der Waals surface area (Å²) in [6.45, 7) is 6.38. The normalized spacial score (nSPS) is 12.3. The zero-order valence-electron chi connectivity index (χ0n) is 18.2. The van der Waals surface area contributed by atoms with Gasteiger partial charge in [0, 0.05) is 23.8 Å². The van der Waals surface area contributed by atoms with E-state index in [1.807, 2.05) is 18.2 Å². The Morgan fingerprint density at radius 1 is 0.935 bits per heavy atom. The van der Waals surface area contributed by atoms with E-state index in [1.165, 1.54) is 30.3 Å². The van der Waals surface area contributed by atoms with Crippen molar-refractivity contribution >= 4 is 34.0 Å². The number of rotatable bonds is 9. The van der Waals surface area contributed by atoms with Gasteiger partial charge in [-0.3, -0.25) is 14.2 Å². The Labute approximate surface area is 187 Å². The van der Waals surface area contributed by atoms with E-state index in [2.05, 4.69) is 23.7 Å². The fourth-order valence-corrected chi connectivity index (χ4v) is 4.40. The molecule has 0 amide bonds. The van der Waals surface area contributed by atoms with Gasteiger partial charge in [-0.2, -0.15) is 0 Å². The molecule has 0 aliphatic carbocycles. The first-order valence-electron chi connectivity index (χ1n) is 11.2.